The lowest BCUT2D eigenvalue weighted by Gasteiger charge is -1.87. The van der Waals surface area contributed by atoms with Crippen LogP contribution in [0.3, 0.4) is 0 Å². The van der Waals surface area contributed by atoms with Crippen LogP contribution in [0, 0.1) is 0 Å². The number of nitrogens with zero attached hydrogens (tertiary/aromatic N) is 1. The number of carbonyl (C=O) groups excluding carboxylic acids is 1. The number of rotatable bonds is 1. The van der Waals surface area contributed by atoms with Crippen LogP contribution < -0.4 is 5.90 Å². The zero-order valence-electron chi connectivity index (χ0n) is 4.50. The van der Waals surface area contributed by atoms with Gasteiger partial charge in [0.1, 0.15) is 0 Å². The van der Waals surface area contributed by atoms with E-state index in [1.807, 2.05) is 0 Å². The van der Waals surface area contributed by atoms with Gasteiger partial charge in [0.15, 0.2) is 5.69 Å². The molecule has 0 spiro atoms. The van der Waals surface area contributed by atoms with E-state index in [4.69, 9.17) is 0 Å². The molecule has 5 nitrogen and oxygen atoms in total. The summed E-state index contributed by atoms with van der Waals surface area (Å²) in [6, 6.07) is 1.47. The van der Waals surface area contributed by atoms with Crippen LogP contribution >= 0.6 is 0 Å². The fourth-order valence-electron chi connectivity index (χ4n) is 0.434. The van der Waals surface area contributed by atoms with Gasteiger partial charge in [0.05, 0.1) is 0 Å². The second kappa shape index (κ2) is 2.27. The Kier molecular flexibility index (Phi) is 1.46. The zero-order chi connectivity index (χ0) is 6.69. The Labute approximate surface area is 50.8 Å². The highest BCUT2D eigenvalue weighted by Crippen LogP contribution is 1.90. The molecule has 0 radical (unpaired) electrons. The van der Waals surface area contributed by atoms with Crippen molar-refractivity contribution in [2.75, 3.05) is 0 Å². The quantitative estimate of drug-likeness (QED) is 0.495. The lowest BCUT2D eigenvalue weighted by atomic mass is 10.5. The number of hydrogen-bond donors (Lipinski definition) is 2. The summed E-state index contributed by atoms with van der Waals surface area (Å²) in [6.07, 6.45) is 1.51. The van der Waals surface area contributed by atoms with Crippen molar-refractivity contribution >= 4 is 5.97 Å². The maximum Gasteiger partial charge on any atom is 0.377 e. The molecule has 1 heterocycles. The van der Waals surface area contributed by atoms with E-state index in [9.17, 15) is 4.79 Å². The molecule has 1 aromatic rings. The number of nitrogens with two attached hydrogens (primary N) is 1. The molecule has 0 aliphatic carbocycles. The third-order valence-electron chi connectivity index (χ3n) is 0.817. The van der Waals surface area contributed by atoms with Gasteiger partial charge in [-0.15, -0.1) is 0 Å². The van der Waals surface area contributed by atoms with Crippen LogP contribution in [0.15, 0.2) is 12.3 Å². The van der Waals surface area contributed by atoms with Gasteiger partial charge >= 0.3 is 5.97 Å². The van der Waals surface area contributed by atoms with E-state index in [-0.39, 0.29) is 5.69 Å². The SMILES string of the molecule is NOC(=O)c1cc[nH]n1. The summed E-state index contributed by atoms with van der Waals surface area (Å²) in [5, 5.41) is 5.95. The molecular formula is C4H5N3O2. The molecule has 0 aliphatic rings. The smallest absolute Gasteiger partial charge is 0.368 e. The first-order valence-corrected chi connectivity index (χ1v) is 2.25. The minimum atomic E-state index is -0.642. The molecule has 5 heteroatoms. The first-order chi connectivity index (χ1) is 4.34. The summed E-state index contributed by atoms with van der Waals surface area (Å²) >= 11 is 0. The van der Waals surface area contributed by atoms with Crippen LogP contribution in [0.25, 0.3) is 0 Å². The highest BCUT2D eigenvalue weighted by Gasteiger charge is 2.05. The molecule has 0 unspecified atom stereocenters. The van der Waals surface area contributed by atoms with Crippen molar-refractivity contribution in [1.82, 2.24) is 10.2 Å². The molecule has 0 amide bonds. The Morgan fingerprint density at radius 3 is 3.11 bits per heavy atom. The highest BCUT2D eigenvalue weighted by atomic mass is 16.7. The normalized spacial score (nSPS) is 9.00. The minimum Gasteiger partial charge on any atom is -0.368 e. The largest absolute Gasteiger partial charge is 0.377 e. The first kappa shape index (κ1) is 5.77. The average Bonchev–Trinajstić information content (AvgIpc) is 2.37. The third kappa shape index (κ3) is 1.06. The van der Waals surface area contributed by atoms with Gasteiger partial charge < -0.3 is 4.84 Å². The number of aromatic amines is 1. The van der Waals surface area contributed by atoms with Gasteiger partial charge in [-0.25, -0.2) is 4.79 Å². The minimum absolute atomic E-state index is 0.178. The van der Waals surface area contributed by atoms with Gasteiger partial charge in [0.2, 0.25) is 0 Å². The average molecular weight is 127 g/mol. The Balaban J connectivity index is 2.77. The van der Waals surface area contributed by atoms with E-state index in [0.29, 0.717) is 0 Å². The number of carbonyl (C=O) groups is 1. The monoisotopic (exact) mass is 127 g/mol. The molecule has 0 aromatic carbocycles. The van der Waals surface area contributed by atoms with Crippen LogP contribution in [0.4, 0.5) is 0 Å². The van der Waals surface area contributed by atoms with E-state index < -0.39 is 5.97 Å². The standard InChI is InChI=1S/C4H5N3O2/c5-9-4(8)3-1-2-6-7-3/h1-2H,5H2,(H,6,7). The fraction of sp³-hybridized carbons (Fsp3) is 0. The highest BCUT2D eigenvalue weighted by molar-refractivity contribution is 5.86. The summed E-state index contributed by atoms with van der Waals surface area (Å²) in [6.45, 7) is 0. The van der Waals surface area contributed by atoms with Crippen molar-refractivity contribution in [1.29, 1.82) is 0 Å². The van der Waals surface area contributed by atoms with Crippen molar-refractivity contribution < 1.29 is 9.63 Å². The Hall–Kier alpha value is -1.36. The Morgan fingerprint density at radius 1 is 1.89 bits per heavy atom. The van der Waals surface area contributed by atoms with Gasteiger partial charge in [-0.05, 0) is 6.07 Å². The Bertz CT molecular complexity index is 194. The van der Waals surface area contributed by atoms with Gasteiger partial charge in [-0.3, -0.25) is 5.10 Å². The van der Waals surface area contributed by atoms with Crippen molar-refractivity contribution in [3.8, 4) is 0 Å². The van der Waals surface area contributed by atoms with Crippen LogP contribution in [-0.4, -0.2) is 16.2 Å². The Morgan fingerprint density at radius 2 is 2.67 bits per heavy atom. The second-order valence-electron chi connectivity index (χ2n) is 1.36. The zero-order valence-corrected chi connectivity index (χ0v) is 4.50. The molecule has 0 saturated heterocycles. The summed E-state index contributed by atoms with van der Waals surface area (Å²) in [5.41, 5.74) is 0.178. The predicted molar refractivity (Wildman–Crippen MR) is 28.2 cm³/mol. The van der Waals surface area contributed by atoms with E-state index in [1.165, 1.54) is 12.3 Å². The predicted octanol–water partition coefficient (Wildman–Crippen LogP) is -0.560. The molecule has 1 aromatic heterocycles. The van der Waals surface area contributed by atoms with E-state index in [1.54, 1.807) is 0 Å². The van der Waals surface area contributed by atoms with E-state index >= 15 is 0 Å². The van der Waals surface area contributed by atoms with Gasteiger partial charge in [-0.2, -0.15) is 11.0 Å². The molecule has 0 atom stereocenters. The second-order valence-corrected chi connectivity index (χ2v) is 1.36. The summed E-state index contributed by atoms with van der Waals surface area (Å²) in [5.74, 6) is 3.92. The van der Waals surface area contributed by atoms with Crippen LogP contribution in [0.5, 0.6) is 0 Å². The summed E-state index contributed by atoms with van der Waals surface area (Å²) < 4.78 is 0. The molecule has 9 heavy (non-hydrogen) atoms. The molecule has 0 saturated carbocycles. The number of aromatic nitrogens is 2. The maximum atomic E-state index is 10.4. The van der Waals surface area contributed by atoms with Crippen molar-refractivity contribution in [3.63, 3.8) is 0 Å². The van der Waals surface area contributed by atoms with E-state index in [2.05, 4.69) is 20.9 Å². The maximum absolute atomic E-state index is 10.4. The van der Waals surface area contributed by atoms with Gasteiger partial charge in [0, 0.05) is 6.20 Å². The van der Waals surface area contributed by atoms with Crippen molar-refractivity contribution in [3.05, 3.63) is 18.0 Å². The molecule has 48 valence electrons. The van der Waals surface area contributed by atoms with Crippen LogP contribution in [0.1, 0.15) is 10.5 Å². The molecule has 0 fully saturated rings. The lowest BCUT2D eigenvalue weighted by molar-refractivity contribution is 0.0496. The molecule has 0 aliphatic heterocycles. The molecular weight excluding hydrogens is 122 g/mol. The lowest BCUT2D eigenvalue weighted by Crippen LogP contribution is -2.10. The number of hydrogen-bond acceptors (Lipinski definition) is 4. The number of nitrogens with one attached hydrogen (secondary N) is 1. The first-order valence-electron chi connectivity index (χ1n) is 2.25. The molecule has 3 N–H and O–H groups in total. The van der Waals surface area contributed by atoms with Crippen LogP contribution in [-0.2, 0) is 4.84 Å². The van der Waals surface area contributed by atoms with Crippen LogP contribution in [0.2, 0.25) is 0 Å². The molecule has 1 rings (SSSR count). The molecule has 0 bridgehead atoms. The van der Waals surface area contributed by atoms with Crippen molar-refractivity contribution in [2.45, 2.75) is 0 Å². The topological polar surface area (TPSA) is 81.0 Å². The fourth-order valence-corrected chi connectivity index (χ4v) is 0.434. The summed E-state index contributed by atoms with van der Waals surface area (Å²) in [7, 11) is 0. The summed E-state index contributed by atoms with van der Waals surface area (Å²) in [4.78, 5) is 14.3. The van der Waals surface area contributed by atoms with Gasteiger partial charge in [-0.1, -0.05) is 0 Å². The third-order valence-corrected chi connectivity index (χ3v) is 0.817. The van der Waals surface area contributed by atoms with Gasteiger partial charge in [0.25, 0.3) is 0 Å². The van der Waals surface area contributed by atoms with Crippen molar-refractivity contribution in [2.24, 2.45) is 5.90 Å². The van der Waals surface area contributed by atoms with E-state index in [0.717, 1.165) is 0 Å². The number of H-pyrrole nitrogens is 1.